The van der Waals surface area contributed by atoms with Gasteiger partial charge in [0.25, 0.3) is 0 Å². The summed E-state index contributed by atoms with van der Waals surface area (Å²) in [5.74, 6) is -0.0147. The van der Waals surface area contributed by atoms with Gasteiger partial charge in [-0.2, -0.15) is 0 Å². The van der Waals surface area contributed by atoms with Gasteiger partial charge in [0, 0.05) is 25.3 Å². The molecule has 1 aliphatic heterocycles. The second-order valence-corrected chi connectivity index (χ2v) is 5.12. The van der Waals surface area contributed by atoms with E-state index in [2.05, 4.69) is 33.7 Å². The Kier molecular flexibility index (Phi) is 5.52. The van der Waals surface area contributed by atoms with Crippen molar-refractivity contribution in [3.8, 4) is 0 Å². The van der Waals surface area contributed by atoms with Gasteiger partial charge >= 0.3 is 0 Å². The summed E-state index contributed by atoms with van der Waals surface area (Å²) in [4.78, 5) is 14.0. The molecule has 5 heteroatoms. The number of carbonyl (C=O) groups is 1. The van der Waals surface area contributed by atoms with Crippen molar-refractivity contribution in [1.82, 2.24) is 10.2 Å². The van der Waals surface area contributed by atoms with Crippen molar-refractivity contribution in [2.75, 3.05) is 45.2 Å². The monoisotopic (exact) mass is 277 g/mol. The highest BCUT2D eigenvalue weighted by atomic mass is 16.5. The molecule has 0 atom stereocenters. The van der Waals surface area contributed by atoms with Crippen LogP contribution in [-0.2, 0) is 16.1 Å². The molecule has 0 aromatic heterocycles. The minimum absolute atomic E-state index is 0.0147. The number of benzene rings is 1. The Morgan fingerprint density at radius 1 is 1.35 bits per heavy atom. The average Bonchev–Trinajstić information content (AvgIpc) is 2.44. The summed E-state index contributed by atoms with van der Waals surface area (Å²) in [5.41, 5.74) is 3.20. The number of hydrogen-bond donors (Lipinski definition) is 2. The van der Waals surface area contributed by atoms with E-state index >= 15 is 0 Å². The molecule has 2 rings (SSSR count). The Morgan fingerprint density at radius 2 is 2.10 bits per heavy atom. The lowest BCUT2D eigenvalue weighted by Gasteiger charge is -2.26. The molecule has 0 spiro atoms. The standard InChI is InChI=1S/C15H23N3O2/c1-12-3-4-13(11-18-5-7-20-8-6-18)9-14(12)17-15(19)10-16-2/h3-4,9,16H,5-8,10-11H2,1-2H3,(H,17,19). The fourth-order valence-corrected chi connectivity index (χ4v) is 2.27. The van der Waals surface area contributed by atoms with E-state index in [1.54, 1.807) is 7.05 Å². The Bertz CT molecular complexity index is 456. The Hall–Kier alpha value is -1.43. The van der Waals surface area contributed by atoms with Gasteiger partial charge in [-0.3, -0.25) is 9.69 Å². The molecule has 1 saturated heterocycles. The lowest BCUT2D eigenvalue weighted by Crippen LogP contribution is -2.35. The zero-order valence-electron chi connectivity index (χ0n) is 12.2. The molecule has 1 aromatic carbocycles. The van der Waals surface area contributed by atoms with Crippen LogP contribution in [0.5, 0.6) is 0 Å². The first-order valence-electron chi connectivity index (χ1n) is 7.03. The number of nitrogens with one attached hydrogen (secondary N) is 2. The lowest BCUT2D eigenvalue weighted by atomic mass is 10.1. The SMILES string of the molecule is CNCC(=O)Nc1cc(CN2CCOCC2)ccc1C. The van der Waals surface area contributed by atoms with Gasteiger partial charge in [-0.1, -0.05) is 12.1 Å². The number of aryl methyl sites for hydroxylation is 1. The zero-order valence-corrected chi connectivity index (χ0v) is 12.2. The van der Waals surface area contributed by atoms with E-state index in [0.29, 0.717) is 6.54 Å². The van der Waals surface area contributed by atoms with Crippen LogP contribution in [0.2, 0.25) is 0 Å². The molecule has 1 fully saturated rings. The Balaban J connectivity index is 2.01. The highest BCUT2D eigenvalue weighted by Crippen LogP contribution is 2.18. The van der Waals surface area contributed by atoms with E-state index < -0.39 is 0 Å². The molecule has 110 valence electrons. The van der Waals surface area contributed by atoms with Gasteiger partial charge in [-0.05, 0) is 31.2 Å². The number of carbonyl (C=O) groups excluding carboxylic acids is 1. The second-order valence-electron chi connectivity index (χ2n) is 5.12. The molecule has 1 aliphatic rings. The molecule has 0 bridgehead atoms. The predicted octanol–water partition coefficient (Wildman–Crippen LogP) is 0.985. The number of rotatable bonds is 5. The van der Waals surface area contributed by atoms with Crippen LogP contribution in [0.15, 0.2) is 18.2 Å². The van der Waals surface area contributed by atoms with Crippen LogP contribution in [0, 0.1) is 6.92 Å². The molecular formula is C15H23N3O2. The van der Waals surface area contributed by atoms with Crippen molar-refractivity contribution in [2.45, 2.75) is 13.5 Å². The first-order chi connectivity index (χ1) is 9.69. The van der Waals surface area contributed by atoms with Gasteiger partial charge in [0.1, 0.15) is 0 Å². The molecule has 1 heterocycles. The largest absolute Gasteiger partial charge is 0.379 e. The number of amides is 1. The predicted molar refractivity (Wildman–Crippen MR) is 79.8 cm³/mol. The van der Waals surface area contributed by atoms with Crippen molar-refractivity contribution < 1.29 is 9.53 Å². The highest BCUT2D eigenvalue weighted by Gasteiger charge is 2.12. The number of ether oxygens (including phenoxy) is 1. The van der Waals surface area contributed by atoms with E-state index in [-0.39, 0.29) is 5.91 Å². The molecule has 5 nitrogen and oxygen atoms in total. The molecule has 20 heavy (non-hydrogen) atoms. The van der Waals surface area contributed by atoms with Gasteiger partial charge in [-0.15, -0.1) is 0 Å². The Labute approximate surface area is 120 Å². The molecule has 1 amide bonds. The first kappa shape index (κ1) is 15.0. The van der Waals surface area contributed by atoms with Crippen LogP contribution >= 0.6 is 0 Å². The van der Waals surface area contributed by atoms with Crippen molar-refractivity contribution >= 4 is 11.6 Å². The maximum absolute atomic E-state index is 11.7. The van der Waals surface area contributed by atoms with E-state index in [4.69, 9.17) is 4.74 Å². The topological polar surface area (TPSA) is 53.6 Å². The summed E-state index contributed by atoms with van der Waals surface area (Å²) in [6, 6.07) is 6.25. The van der Waals surface area contributed by atoms with E-state index in [0.717, 1.165) is 44.1 Å². The molecule has 0 unspecified atom stereocenters. The molecule has 2 N–H and O–H groups in total. The van der Waals surface area contributed by atoms with Crippen LogP contribution in [-0.4, -0.2) is 50.7 Å². The van der Waals surface area contributed by atoms with Crippen LogP contribution in [0.4, 0.5) is 5.69 Å². The fourth-order valence-electron chi connectivity index (χ4n) is 2.27. The minimum atomic E-state index is -0.0147. The third-order valence-corrected chi connectivity index (χ3v) is 3.42. The van der Waals surface area contributed by atoms with E-state index in [1.165, 1.54) is 5.56 Å². The summed E-state index contributed by atoms with van der Waals surface area (Å²) < 4.78 is 5.35. The second kappa shape index (κ2) is 7.38. The van der Waals surface area contributed by atoms with Crippen molar-refractivity contribution in [2.24, 2.45) is 0 Å². The maximum Gasteiger partial charge on any atom is 0.238 e. The van der Waals surface area contributed by atoms with Gasteiger partial charge < -0.3 is 15.4 Å². The van der Waals surface area contributed by atoms with Crippen LogP contribution in [0.25, 0.3) is 0 Å². The average molecular weight is 277 g/mol. The van der Waals surface area contributed by atoms with E-state index in [9.17, 15) is 4.79 Å². The molecule has 1 aromatic rings. The molecule has 0 saturated carbocycles. The van der Waals surface area contributed by atoms with Gasteiger partial charge in [0.05, 0.1) is 19.8 Å². The number of nitrogens with zero attached hydrogens (tertiary/aromatic N) is 1. The van der Waals surface area contributed by atoms with Crippen LogP contribution in [0.3, 0.4) is 0 Å². The van der Waals surface area contributed by atoms with Crippen LogP contribution in [0.1, 0.15) is 11.1 Å². The van der Waals surface area contributed by atoms with Crippen molar-refractivity contribution in [3.05, 3.63) is 29.3 Å². The normalized spacial score (nSPS) is 16.1. The Morgan fingerprint density at radius 3 is 2.80 bits per heavy atom. The maximum atomic E-state index is 11.7. The van der Waals surface area contributed by atoms with Gasteiger partial charge in [0.15, 0.2) is 0 Å². The molecular weight excluding hydrogens is 254 g/mol. The van der Waals surface area contributed by atoms with E-state index in [1.807, 2.05) is 6.92 Å². The summed E-state index contributed by atoms with van der Waals surface area (Å²) in [7, 11) is 1.77. The third-order valence-electron chi connectivity index (χ3n) is 3.42. The highest BCUT2D eigenvalue weighted by molar-refractivity contribution is 5.93. The molecule has 0 aliphatic carbocycles. The number of morpholine rings is 1. The van der Waals surface area contributed by atoms with Gasteiger partial charge in [0.2, 0.25) is 5.91 Å². The lowest BCUT2D eigenvalue weighted by molar-refractivity contribution is -0.115. The third kappa shape index (κ3) is 4.30. The fraction of sp³-hybridized carbons (Fsp3) is 0.533. The number of anilines is 1. The summed E-state index contributed by atoms with van der Waals surface area (Å²) in [6.07, 6.45) is 0. The smallest absolute Gasteiger partial charge is 0.238 e. The number of hydrogen-bond acceptors (Lipinski definition) is 4. The van der Waals surface area contributed by atoms with Crippen molar-refractivity contribution in [1.29, 1.82) is 0 Å². The summed E-state index contributed by atoms with van der Waals surface area (Å²) >= 11 is 0. The quantitative estimate of drug-likeness (QED) is 0.842. The minimum Gasteiger partial charge on any atom is -0.379 e. The first-order valence-corrected chi connectivity index (χ1v) is 7.03. The van der Waals surface area contributed by atoms with Crippen LogP contribution < -0.4 is 10.6 Å². The summed E-state index contributed by atoms with van der Waals surface area (Å²) in [5, 5.41) is 5.80. The number of likely N-dealkylation sites (N-methyl/N-ethyl adjacent to an activating group) is 1. The zero-order chi connectivity index (χ0) is 14.4. The molecule has 0 radical (unpaired) electrons. The van der Waals surface area contributed by atoms with Gasteiger partial charge in [-0.25, -0.2) is 0 Å². The van der Waals surface area contributed by atoms with Crippen molar-refractivity contribution in [3.63, 3.8) is 0 Å². The summed E-state index contributed by atoms with van der Waals surface area (Å²) in [6.45, 7) is 6.78.